The molecule has 2 rings (SSSR count). The third kappa shape index (κ3) is 2.52. The van der Waals surface area contributed by atoms with Crippen LogP contribution in [0.25, 0.3) is 5.69 Å². The Balaban J connectivity index is 2.45. The van der Waals surface area contributed by atoms with Crippen LogP contribution in [-0.4, -0.2) is 22.2 Å². The number of halogens is 1. The van der Waals surface area contributed by atoms with E-state index in [0.717, 1.165) is 11.3 Å². The quantitative estimate of drug-likeness (QED) is 0.868. The molecule has 0 saturated carbocycles. The summed E-state index contributed by atoms with van der Waals surface area (Å²) in [5.74, 6) is -0.553. The highest BCUT2D eigenvalue weighted by molar-refractivity contribution is 6.30. The average Bonchev–Trinajstić information content (AvgIpc) is 2.79. The molecule has 0 aliphatic rings. The Hall–Kier alpha value is -1.85. The summed E-state index contributed by atoms with van der Waals surface area (Å²) in [6.45, 7) is 0.511. The molecule has 0 spiro atoms. The molecule has 2 aromatic rings. The molecular weight excluding hydrogens is 252 g/mol. The Bertz CT molecular complexity index is 579. The Labute approximate surface area is 109 Å². The first-order valence-corrected chi connectivity index (χ1v) is 5.84. The van der Waals surface area contributed by atoms with E-state index >= 15 is 0 Å². The van der Waals surface area contributed by atoms with E-state index in [4.69, 9.17) is 23.1 Å². The summed E-state index contributed by atoms with van der Waals surface area (Å²) in [6, 6.07) is 7.02. The molecule has 5 nitrogen and oxygen atoms in total. The van der Waals surface area contributed by atoms with Gasteiger partial charge in [0.1, 0.15) is 5.69 Å². The van der Waals surface area contributed by atoms with Crippen molar-refractivity contribution in [1.82, 2.24) is 9.78 Å². The maximum absolute atomic E-state index is 11.0. The Morgan fingerprint density at radius 2 is 2.17 bits per heavy atom. The van der Waals surface area contributed by atoms with Crippen LogP contribution in [0.1, 0.15) is 16.1 Å². The van der Waals surface area contributed by atoms with Gasteiger partial charge >= 0.3 is 0 Å². The number of benzene rings is 1. The fourth-order valence-corrected chi connectivity index (χ4v) is 1.92. The van der Waals surface area contributed by atoms with E-state index in [1.165, 1.54) is 0 Å². The van der Waals surface area contributed by atoms with Gasteiger partial charge in [0.05, 0.1) is 5.69 Å². The van der Waals surface area contributed by atoms with Crippen LogP contribution < -0.4 is 11.5 Å². The molecule has 4 N–H and O–H groups in total. The number of carbonyl (C=O) groups is 1. The molecular formula is C12H13ClN4O. The van der Waals surface area contributed by atoms with Gasteiger partial charge in [0.15, 0.2) is 0 Å². The van der Waals surface area contributed by atoms with Crippen LogP contribution in [0.15, 0.2) is 30.5 Å². The maximum atomic E-state index is 11.0. The largest absolute Gasteiger partial charge is 0.364 e. The molecule has 18 heavy (non-hydrogen) atoms. The first kappa shape index (κ1) is 12.6. The second-order valence-corrected chi connectivity index (χ2v) is 4.26. The van der Waals surface area contributed by atoms with Crippen molar-refractivity contribution in [2.24, 2.45) is 11.5 Å². The Kier molecular flexibility index (Phi) is 3.64. The number of primary amides is 1. The zero-order chi connectivity index (χ0) is 13.1. The van der Waals surface area contributed by atoms with Crippen molar-refractivity contribution in [3.8, 4) is 5.69 Å². The number of nitrogens with zero attached hydrogens (tertiary/aromatic N) is 2. The Morgan fingerprint density at radius 3 is 2.78 bits per heavy atom. The topological polar surface area (TPSA) is 86.9 Å². The lowest BCUT2D eigenvalue weighted by molar-refractivity contribution is 0.0995. The summed E-state index contributed by atoms with van der Waals surface area (Å²) >= 11 is 5.95. The van der Waals surface area contributed by atoms with E-state index in [0.29, 0.717) is 18.0 Å². The van der Waals surface area contributed by atoms with Gasteiger partial charge in [0.25, 0.3) is 5.91 Å². The first-order valence-electron chi connectivity index (χ1n) is 5.46. The number of hydrogen-bond donors (Lipinski definition) is 2. The van der Waals surface area contributed by atoms with Gasteiger partial charge in [0.2, 0.25) is 0 Å². The number of hydrogen-bond acceptors (Lipinski definition) is 3. The molecule has 0 atom stereocenters. The van der Waals surface area contributed by atoms with Crippen LogP contribution in [0.3, 0.4) is 0 Å². The minimum atomic E-state index is -0.553. The van der Waals surface area contributed by atoms with E-state index in [1.54, 1.807) is 23.0 Å². The third-order valence-corrected chi connectivity index (χ3v) is 2.78. The number of amides is 1. The molecule has 1 aromatic heterocycles. The molecule has 0 radical (unpaired) electrons. The predicted octanol–water partition coefficient (Wildman–Crippen LogP) is 1.13. The standard InChI is InChI=1S/C12H13ClN4O/c13-9-1-2-11(8(7-9)3-5-14)17-6-4-10(16-17)12(15)18/h1-2,4,6-7H,3,5,14H2,(H2,15,18). The second-order valence-electron chi connectivity index (χ2n) is 3.82. The van der Waals surface area contributed by atoms with Gasteiger partial charge in [0, 0.05) is 11.2 Å². The highest BCUT2D eigenvalue weighted by Gasteiger charge is 2.09. The van der Waals surface area contributed by atoms with E-state index in [2.05, 4.69) is 5.10 Å². The van der Waals surface area contributed by atoms with Gasteiger partial charge in [-0.25, -0.2) is 4.68 Å². The van der Waals surface area contributed by atoms with Crippen LogP contribution in [-0.2, 0) is 6.42 Å². The van der Waals surface area contributed by atoms with Crippen LogP contribution in [0.2, 0.25) is 5.02 Å². The molecule has 6 heteroatoms. The minimum absolute atomic E-state index is 0.226. The summed E-state index contributed by atoms with van der Waals surface area (Å²) in [4.78, 5) is 11.0. The van der Waals surface area contributed by atoms with Crippen molar-refractivity contribution in [2.45, 2.75) is 6.42 Å². The lowest BCUT2D eigenvalue weighted by Gasteiger charge is -2.09. The summed E-state index contributed by atoms with van der Waals surface area (Å²) < 4.78 is 1.60. The summed E-state index contributed by atoms with van der Waals surface area (Å²) in [5.41, 5.74) is 12.8. The van der Waals surface area contributed by atoms with E-state index in [-0.39, 0.29) is 5.69 Å². The molecule has 1 amide bonds. The van der Waals surface area contributed by atoms with Crippen molar-refractivity contribution < 1.29 is 4.79 Å². The number of aromatic nitrogens is 2. The predicted molar refractivity (Wildman–Crippen MR) is 69.9 cm³/mol. The van der Waals surface area contributed by atoms with E-state index in [1.807, 2.05) is 12.1 Å². The van der Waals surface area contributed by atoms with E-state index < -0.39 is 5.91 Å². The van der Waals surface area contributed by atoms with Gasteiger partial charge in [-0.05, 0) is 42.8 Å². The molecule has 94 valence electrons. The molecule has 0 bridgehead atoms. The molecule has 0 fully saturated rings. The monoisotopic (exact) mass is 264 g/mol. The van der Waals surface area contributed by atoms with Gasteiger partial charge in [-0.15, -0.1) is 0 Å². The summed E-state index contributed by atoms with van der Waals surface area (Å²) in [6.07, 6.45) is 2.37. The van der Waals surface area contributed by atoms with Crippen molar-refractivity contribution in [3.05, 3.63) is 46.7 Å². The van der Waals surface area contributed by atoms with Crippen LogP contribution in [0.5, 0.6) is 0 Å². The molecule has 0 aliphatic heterocycles. The molecule has 0 unspecified atom stereocenters. The van der Waals surface area contributed by atoms with Crippen LogP contribution in [0, 0.1) is 0 Å². The maximum Gasteiger partial charge on any atom is 0.269 e. The first-order chi connectivity index (χ1) is 8.61. The van der Waals surface area contributed by atoms with Crippen molar-refractivity contribution >= 4 is 17.5 Å². The SMILES string of the molecule is NCCc1cc(Cl)ccc1-n1ccc(C(N)=O)n1. The number of nitrogens with two attached hydrogens (primary N) is 2. The van der Waals surface area contributed by atoms with Gasteiger partial charge in [-0.3, -0.25) is 4.79 Å². The molecule has 1 heterocycles. The normalized spacial score (nSPS) is 10.6. The fourth-order valence-electron chi connectivity index (χ4n) is 1.72. The summed E-state index contributed by atoms with van der Waals surface area (Å²) in [7, 11) is 0. The molecule has 0 aliphatic carbocycles. The zero-order valence-corrected chi connectivity index (χ0v) is 10.4. The molecule has 0 saturated heterocycles. The third-order valence-electron chi connectivity index (χ3n) is 2.54. The van der Waals surface area contributed by atoms with Crippen LogP contribution in [0.4, 0.5) is 0 Å². The Morgan fingerprint density at radius 1 is 1.39 bits per heavy atom. The van der Waals surface area contributed by atoms with Gasteiger partial charge in [-0.1, -0.05) is 11.6 Å². The van der Waals surface area contributed by atoms with Crippen molar-refractivity contribution in [1.29, 1.82) is 0 Å². The van der Waals surface area contributed by atoms with E-state index in [9.17, 15) is 4.79 Å². The van der Waals surface area contributed by atoms with Gasteiger partial charge < -0.3 is 11.5 Å². The van der Waals surface area contributed by atoms with Crippen molar-refractivity contribution in [3.63, 3.8) is 0 Å². The summed E-state index contributed by atoms with van der Waals surface area (Å²) in [5, 5.41) is 4.75. The van der Waals surface area contributed by atoms with Gasteiger partial charge in [-0.2, -0.15) is 5.10 Å². The highest BCUT2D eigenvalue weighted by Crippen LogP contribution is 2.20. The average molecular weight is 265 g/mol. The second kappa shape index (κ2) is 5.20. The molecule has 1 aromatic carbocycles. The fraction of sp³-hybridized carbons (Fsp3) is 0.167. The number of rotatable bonds is 4. The highest BCUT2D eigenvalue weighted by atomic mass is 35.5. The smallest absolute Gasteiger partial charge is 0.269 e. The lowest BCUT2D eigenvalue weighted by atomic mass is 10.1. The minimum Gasteiger partial charge on any atom is -0.364 e. The zero-order valence-electron chi connectivity index (χ0n) is 9.64. The number of carbonyl (C=O) groups excluding carboxylic acids is 1. The lowest BCUT2D eigenvalue weighted by Crippen LogP contribution is -2.13. The van der Waals surface area contributed by atoms with Crippen molar-refractivity contribution in [2.75, 3.05) is 6.54 Å². The van der Waals surface area contributed by atoms with Crippen LogP contribution >= 0.6 is 11.6 Å².